The lowest BCUT2D eigenvalue weighted by Crippen LogP contribution is -2.40. The number of hydrogen-bond donors (Lipinski definition) is 1. The lowest BCUT2D eigenvalue weighted by Gasteiger charge is -2.23. The minimum absolute atomic E-state index is 0.137. The third-order valence-corrected chi connectivity index (χ3v) is 2.11. The van der Waals surface area contributed by atoms with Crippen molar-refractivity contribution in [3.63, 3.8) is 0 Å². The van der Waals surface area contributed by atoms with Gasteiger partial charge in [0.1, 0.15) is 11.8 Å². The van der Waals surface area contributed by atoms with Crippen molar-refractivity contribution in [2.75, 3.05) is 26.4 Å². The monoisotopic (exact) mass is 286 g/mol. The number of rotatable bonds is 6. The molecule has 1 aliphatic rings. The highest BCUT2D eigenvalue weighted by Crippen LogP contribution is 2.24. The molecule has 0 radical (unpaired) electrons. The van der Waals surface area contributed by atoms with Crippen LogP contribution in [0.3, 0.4) is 0 Å². The first-order valence-corrected chi connectivity index (χ1v) is 5.36. The molecular formula is C8H13F3N4O4. The van der Waals surface area contributed by atoms with Gasteiger partial charge in [-0.1, -0.05) is 0 Å². The molecule has 8 nitrogen and oxygen atoms in total. The molecule has 110 valence electrons. The number of ether oxygens (including phenoxy) is 2. The summed E-state index contributed by atoms with van der Waals surface area (Å²) in [5, 5.41) is 14.8. The van der Waals surface area contributed by atoms with Crippen LogP contribution in [0.4, 0.5) is 13.2 Å². The molecule has 19 heavy (non-hydrogen) atoms. The van der Waals surface area contributed by atoms with Crippen molar-refractivity contribution in [3.05, 3.63) is 10.1 Å². The molecule has 0 saturated carbocycles. The van der Waals surface area contributed by atoms with Gasteiger partial charge >= 0.3 is 6.18 Å². The molecule has 1 N–H and O–H groups in total. The second kappa shape index (κ2) is 6.52. The molecule has 0 spiro atoms. The summed E-state index contributed by atoms with van der Waals surface area (Å²) >= 11 is 0. The number of alkyl halides is 3. The normalized spacial score (nSPS) is 19.6. The average Bonchev–Trinajstić information content (AvgIpc) is 2.69. The van der Waals surface area contributed by atoms with Gasteiger partial charge in [0.25, 0.3) is 12.2 Å². The molecule has 11 heteroatoms. The van der Waals surface area contributed by atoms with E-state index >= 15 is 0 Å². The van der Waals surface area contributed by atoms with Crippen LogP contribution in [0.25, 0.3) is 0 Å². The van der Waals surface area contributed by atoms with Crippen molar-refractivity contribution >= 4 is 5.96 Å². The highest BCUT2D eigenvalue weighted by molar-refractivity contribution is 5.81. The van der Waals surface area contributed by atoms with Crippen LogP contribution in [0.1, 0.15) is 6.92 Å². The lowest BCUT2D eigenvalue weighted by molar-refractivity contribution is -0.485. The molecule has 1 fully saturated rings. The lowest BCUT2D eigenvalue weighted by atomic mass is 10.6. The van der Waals surface area contributed by atoms with Gasteiger partial charge in [-0.3, -0.25) is 0 Å². The van der Waals surface area contributed by atoms with E-state index in [0.29, 0.717) is 6.54 Å². The highest BCUT2D eigenvalue weighted by Gasteiger charge is 2.42. The Labute approximate surface area is 106 Å². The maximum Gasteiger partial charge on any atom is 0.440 e. The number of halogens is 3. The summed E-state index contributed by atoms with van der Waals surface area (Å²) in [5.74, 6) is -0.137. The Balaban J connectivity index is 2.56. The van der Waals surface area contributed by atoms with E-state index in [1.807, 2.05) is 0 Å². The smallest absolute Gasteiger partial charge is 0.349 e. The van der Waals surface area contributed by atoms with Crippen LogP contribution in [0.5, 0.6) is 0 Å². The summed E-state index contributed by atoms with van der Waals surface area (Å²) in [6, 6.07) is 0. The summed E-state index contributed by atoms with van der Waals surface area (Å²) in [4.78, 5) is 11.4. The van der Waals surface area contributed by atoms with Gasteiger partial charge in [-0.25, -0.2) is 10.1 Å². The summed E-state index contributed by atoms with van der Waals surface area (Å²) in [5.41, 5.74) is 0. The van der Waals surface area contributed by atoms with Gasteiger partial charge in [0.15, 0.2) is 5.03 Å². The Bertz CT molecular complexity index is 349. The minimum Gasteiger partial charge on any atom is -0.349 e. The van der Waals surface area contributed by atoms with E-state index in [4.69, 9.17) is 0 Å². The predicted octanol–water partition coefficient (Wildman–Crippen LogP) is 0.338. The number of guanidine groups is 1. The second-order valence-corrected chi connectivity index (χ2v) is 3.48. The molecule has 1 aliphatic heterocycles. The van der Waals surface area contributed by atoms with Crippen LogP contribution in [-0.2, 0) is 9.47 Å². The van der Waals surface area contributed by atoms with E-state index in [2.05, 4.69) is 19.9 Å². The summed E-state index contributed by atoms with van der Waals surface area (Å²) < 4.78 is 46.4. The summed E-state index contributed by atoms with van der Waals surface area (Å²) in [6.45, 7) is 1.31. The van der Waals surface area contributed by atoms with Gasteiger partial charge < -0.3 is 19.7 Å². The van der Waals surface area contributed by atoms with Gasteiger partial charge in [0, 0.05) is 19.7 Å². The maximum atomic E-state index is 12.5. The van der Waals surface area contributed by atoms with E-state index in [1.165, 1.54) is 11.8 Å². The van der Waals surface area contributed by atoms with E-state index in [9.17, 15) is 23.3 Å². The van der Waals surface area contributed by atoms with Crippen LogP contribution in [-0.4, -0.2) is 54.8 Å². The second-order valence-electron chi connectivity index (χ2n) is 3.48. The van der Waals surface area contributed by atoms with E-state index in [1.54, 1.807) is 0 Å². The third kappa shape index (κ3) is 4.87. The number of nitrogens with one attached hydrogen (secondary N) is 1. The Morgan fingerprint density at radius 2 is 2.26 bits per heavy atom. The first-order chi connectivity index (χ1) is 8.84. The fourth-order valence-electron chi connectivity index (χ4n) is 1.37. The molecule has 1 heterocycles. The fourth-order valence-corrected chi connectivity index (χ4v) is 1.37. The summed E-state index contributed by atoms with van der Waals surface area (Å²) in [6.07, 6.45) is -7.03. The third-order valence-electron chi connectivity index (χ3n) is 2.11. The zero-order valence-electron chi connectivity index (χ0n) is 10.0. The summed E-state index contributed by atoms with van der Waals surface area (Å²) in [7, 11) is 0. The van der Waals surface area contributed by atoms with E-state index < -0.39 is 24.2 Å². The molecule has 0 amide bonds. The van der Waals surface area contributed by atoms with Crippen LogP contribution >= 0.6 is 0 Å². The quantitative estimate of drug-likeness (QED) is 0.430. The molecule has 0 aromatic rings. The largest absolute Gasteiger partial charge is 0.440 e. The van der Waals surface area contributed by atoms with Crippen LogP contribution < -0.4 is 5.32 Å². The SMILES string of the molecule is CCOC(OCN1CCN/C1=N\[N+](=O)[O-])C(F)(F)F. The maximum absolute atomic E-state index is 12.5. The molecule has 0 bridgehead atoms. The van der Waals surface area contributed by atoms with Gasteiger partial charge in [0.05, 0.1) is 0 Å². The van der Waals surface area contributed by atoms with Crippen molar-refractivity contribution < 1.29 is 27.7 Å². The zero-order valence-corrected chi connectivity index (χ0v) is 10.0. The van der Waals surface area contributed by atoms with Gasteiger partial charge in [0.2, 0.25) is 0 Å². The van der Waals surface area contributed by atoms with E-state index in [0.717, 1.165) is 0 Å². The highest BCUT2D eigenvalue weighted by atomic mass is 19.4. The number of hydrogen-bond acceptors (Lipinski definition) is 4. The van der Waals surface area contributed by atoms with Crippen molar-refractivity contribution in [1.29, 1.82) is 0 Å². The zero-order chi connectivity index (χ0) is 14.5. The van der Waals surface area contributed by atoms with Crippen molar-refractivity contribution in [3.8, 4) is 0 Å². The van der Waals surface area contributed by atoms with Crippen molar-refractivity contribution in [2.24, 2.45) is 5.10 Å². The molecule has 1 unspecified atom stereocenters. The standard InChI is InChI=1S/C8H13F3N4O4/c1-2-18-6(8(9,10)11)19-5-14-4-3-12-7(14)13-15(16)17/h6H,2-5H2,1H3,(H,12,13). The average molecular weight is 286 g/mol. The molecular weight excluding hydrogens is 273 g/mol. The van der Waals surface area contributed by atoms with Gasteiger partial charge in [-0.2, -0.15) is 13.2 Å². The Morgan fingerprint density at radius 1 is 1.58 bits per heavy atom. The minimum atomic E-state index is -4.66. The predicted molar refractivity (Wildman–Crippen MR) is 56.6 cm³/mol. The van der Waals surface area contributed by atoms with Gasteiger partial charge in [-0.15, -0.1) is 0 Å². The Kier molecular flexibility index (Phi) is 5.30. The Hall–Kier alpha value is -1.62. The molecule has 0 aliphatic carbocycles. The van der Waals surface area contributed by atoms with E-state index in [-0.39, 0.29) is 19.1 Å². The van der Waals surface area contributed by atoms with Gasteiger partial charge in [-0.05, 0) is 6.92 Å². The Morgan fingerprint density at radius 3 is 2.79 bits per heavy atom. The van der Waals surface area contributed by atoms with Crippen molar-refractivity contribution in [2.45, 2.75) is 19.4 Å². The topological polar surface area (TPSA) is 89.2 Å². The molecule has 0 aromatic carbocycles. The first-order valence-electron chi connectivity index (χ1n) is 5.36. The number of nitro groups is 1. The first kappa shape index (κ1) is 15.4. The molecule has 1 saturated heterocycles. The number of hydrazone groups is 1. The fraction of sp³-hybridized carbons (Fsp3) is 0.875. The van der Waals surface area contributed by atoms with Crippen molar-refractivity contribution in [1.82, 2.24) is 10.2 Å². The molecule has 1 atom stereocenters. The molecule has 1 rings (SSSR count). The number of nitrogens with zero attached hydrogens (tertiary/aromatic N) is 3. The molecule has 0 aromatic heterocycles. The van der Waals surface area contributed by atoms with Crippen LogP contribution in [0.15, 0.2) is 5.10 Å². The van der Waals surface area contributed by atoms with Crippen LogP contribution in [0.2, 0.25) is 0 Å². The van der Waals surface area contributed by atoms with Crippen LogP contribution in [0, 0.1) is 10.1 Å².